The van der Waals surface area contributed by atoms with Gasteiger partial charge in [0.1, 0.15) is 0 Å². The third kappa shape index (κ3) is 4.52. The van der Waals surface area contributed by atoms with Crippen LogP contribution in [0, 0.1) is 0 Å². The predicted molar refractivity (Wildman–Crippen MR) is 57.0 cm³/mol. The Morgan fingerprint density at radius 1 is 1.62 bits per heavy atom. The van der Waals surface area contributed by atoms with Crippen LogP contribution in [0.3, 0.4) is 0 Å². The second-order valence-electron chi connectivity index (χ2n) is 3.26. The van der Waals surface area contributed by atoms with Gasteiger partial charge in [-0.25, -0.2) is 0 Å². The first-order valence-corrected chi connectivity index (χ1v) is 6.06. The Bertz CT molecular complexity index is 158. The molecule has 76 valence electrons. The number of carbonyl (C=O) groups is 1. The molecule has 0 aromatic heterocycles. The highest BCUT2D eigenvalue weighted by Crippen LogP contribution is 2.16. The number of nitrogens with one attached hydrogen (secondary N) is 2. The average Bonchev–Trinajstić information content (AvgIpc) is 2.16. The molecule has 1 aliphatic heterocycles. The molecule has 2 N–H and O–H groups in total. The van der Waals surface area contributed by atoms with E-state index >= 15 is 0 Å². The Hall–Kier alpha value is -0.220. The number of amides is 1. The molecular weight excluding hydrogens is 184 g/mol. The molecule has 0 saturated carbocycles. The average molecular weight is 202 g/mol. The van der Waals surface area contributed by atoms with Crippen molar-refractivity contribution in [2.24, 2.45) is 0 Å². The van der Waals surface area contributed by atoms with Crippen LogP contribution >= 0.6 is 11.8 Å². The first-order valence-electron chi connectivity index (χ1n) is 4.90. The van der Waals surface area contributed by atoms with Crippen LogP contribution < -0.4 is 10.6 Å². The van der Waals surface area contributed by atoms with Crippen LogP contribution in [0.25, 0.3) is 0 Å². The fourth-order valence-electron chi connectivity index (χ4n) is 1.37. The molecule has 4 heteroatoms. The van der Waals surface area contributed by atoms with Crippen LogP contribution in [-0.4, -0.2) is 36.5 Å². The van der Waals surface area contributed by atoms with Gasteiger partial charge in [-0.3, -0.25) is 4.79 Å². The summed E-state index contributed by atoms with van der Waals surface area (Å²) >= 11 is 1.93. The van der Waals surface area contributed by atoms with Gasteiger partial charge in [-0.1, -0.05) is 6.92 Å². The molecule has 1 amide bonds. The molecule has 1 rings (SSSR count). The van der Waals surface area contributed by atoms with E-state index in [1.807, 2.05) is 18.7 Å². The van der Waals surface area contributed by atoms with Crippen LogP contribution in [0.4, 0.5) is 0 Å². The van der Waals surface area contributed by atoms with Gasteiger partial charge in [-0.15, -0.1) is 0 Å². The van der Waals surface area contributed by atoms with Gasteiger partial charge in [0.15, 0.2) is 0 Å². The van der Waals surface area contributed by atoms with Crippen molar-refractivity contribution >= 4 is 17.7 Å². The highest BCUT2D eigenvalue weighted by Gasteiger charge is 2.15. The lowest BCUT2D eigenvalue weighted by Crippen LogP contribution is -2.42. The minimum atomic E-state index is 0.134. The fourth-order valence-corrected chi connectivity index (χ4v) is 2.44. The van der Waals surface area contributed by atoms with Crippen molar-refractivity contribution in [1.82, 2.24) is 10.6 Å². The quantitative estimate of drug-likeness (QED) is 0.702. The van der Waals surface area contributed by atoms with E-state index in [2.05, 4.69) is 10.6 Å². The second-order valence-corrected chi connectivity index (χ2v) is 4.41. The standard InChI is InChI=1S/C9H18N2OS/c1-2-10-6-9(12)11-8-4-3-5-13-7-8/h8,10H,2-7H2,1H3,(H,11,12). The zero-order valence-corrected chi connectivity index (χ0v) is 8.95. The smallest absolute Gasteiger partial charge is 0.234 e. The second kappa shape index (κ2) is 6.27. The lowest BCUT2D eigenvalue weighted by Gasteiger charge is -2.22. The van der Waals surface area contributed by atoms with Crippen molar-refractivity contribution in [3.63, 3.8) is 0 Å². The van der Waals surface area contributed by atoms with Gasteiger partial charge in [0.25, 0.3) is 0 Å². The molecule has 3 nitrogen and oxygen atoms in total. The Balaban J connectivity index is 2.11. The molecule has 0 bridgehead atoms. The van der Waals surface area contributed by atoms with Gasteiger partial charge in [0, 0.05) is 11.8 Å². The fraction of sp³-hybridized carbons (Fsp3) is 0.889. The monoisotopic (exact) mass is 202 g/mol. The molecule has 0 aliphatic carbocycles. The van der Waals surface area contributed by atoms with Gasteiger partial charge >= 0.3 is 0 Å². The maximum atomic E-state index is 11.3. The van der Waals surface area contributed by atoms with Gasteiger partial charge in [0.2, 0.25) is 5.91 Å². The summed E-state index contributed by atoms with van der Waals surface area (Å²) in [7, 11) is 0. The van der Waals surface area contributed by atoms with Crippen LogP contribution in [0.5, 0.6) is 0 Å². The van der Waals surface area contributed by atoms with E-state index < -0.39 is 0 Å². The summed E-state index contributed by atoms with van der Waals surface area (Å²) in [4.78, 5) is 11.3. The van der Waals surface area contributed by atoms with Crippen LogP contribution in [0.1, 0.15) is 19.8 Å². The van der Waals surface area contributed by atoms with Crippen molar-refractivity contribution in [3.8, 4) is 0 Å². The molecule has 0 spiro atoms. The SMILES string of the molecule is CCNCC(=O)NC1CCCSC1. The Kier molecular flexibility index (Phi) is 5.23. The number of carbonyl (C=O) groups excluding carboxylic acids is 1. The Labute approximate surface area is 84.0 Å². The maximum Gasteiger partial charge on any atom is 0.234 e. The minimum Gasteiger partial charge on any atom is -0.351 e. The highest BCUT2D eigenvalue weighted by atomic mass is 32.2. The van der Waals surface area contributed by atoms with E-state index in [4.69, 9.17) is 0 Å². The van der Waals surface area contributed by atoms with Crippen molar-refractivity contribution < 1.29 is 4.79 Å². The van der Waals surface area contributed by atoms with Crippen molar-refractivity contribution in [3.05, 3.63) is 0 Å². The number of thioether (sulfide) groups is 1. The van der Waals surface area contributed by atoms with Crippen LogP contribution in [0.2, 0.25) is 0 Å². The Morgan fingerprint density at radius 3 is 3.08 bits per heavy atom. The molecule has 1 aliphatic rings. The van der Waals surface area contributed by atoms with Gasteiger partial charge in [-0.2, -0.15) is 11.8 Å². The summed E-state index contributed by atoms with van der Waals surface area (Å²) in [5, 5.41) is 6.05. The van der Waals surface area contributed by atoms with E-state index in [0.717, 1.165) is 18.7 Å². The van der Waals surface area contributed by atoms with Gasteiger partial charge < -0.3 is 10.6 Å². The summed E-state index contributed by atoms with van der Waals surface area (Å²) in [6.07, 6.45) is 2.38. The predicted octanol–water partition coefficient (Wildman–Crippen LogP) is 0.608. The zero-order chi connectivity index (χ0) is 9.52. The van der Waals surface area contributed by atoms with Crippen molar-refractivity contribution in [2.45, 2.75) is 25.8 Å². The first kappa shape index (κ1) is 10.9. The molecule has 1 fully saturated rings. The van der Waals surface area contributed by atoms with E-state index in [1.54, 1.807) is 0 Å². The molecule has 0 aromatic carbocycles. The minimum absolute atomic E-state index is 0.134. The zero-order valence-electron chi connectivity index (χ0n) is 8.14. The third-order valence-electron chi connectivity index (χ3n) is 2.06. The topological polar surface area (TPSA) is 41.1 Å². The summed E-state index contributed by atoms with van der Waals surface area (Å²) in [6.45, 7) is 3.31. The summed E-state index contributed by atoms with van der Waals surface area (Å²) in [5.41, 5.74) is 0. The van der Waals surface area contributed by atoms with Crippen LogP contribution in [-0.2, 0) is 4.79 Å². The molecule has 13 heavy (non-hydrogen) atoms. The summed E-state index contributed by atoms with van der Waals surface area (Å²) in [5.74, 6) is 2.46. The number of hydrogen-bond acceptors (Lipinski definition) is 3. The molecule has 1 atom stereocenters. The first-order chi connectivity index (χ1) is 6.33. The third-order valence-corrected chi connectivity index (χ3v) is 3.28. The Morgan fingerprint density at radius 2 is 2.46 bits per heavy atom. The molecule has 1 unspecified atom stereocenters. The molecule has 0 aromatic rings. The van der Waals surface area contributed by atoms with Crippen molar-refractivity contribution in [1.29, 1.82) is 0 Å². The molecule has 0 radical (unpaired) electrons. The van der Waals surface area contributed by atoms with Gasteiger partial charge in [-0.05, 0) is 25.1 Å². The highest BCUT2D eigenvalue weighted by molar-refractivity contribution is 7.99. The number of likely N-dealkylation sites (N-methyl/N-ethyl adjacent to an activating group) is 1. The normalized spacial score (nSPS) is 22.7. The van der Waals surface area contributed by atoms with E-state index in [0.29, 0.717) is 12.6 Å². The van der Waals surface area contributed by atoms with E-state index in [1.165, 1.54) is 12.2 Å². The summed E-state index contributed by atoms with van der Waals surface area (Å²) in [6, 6.07) is 0.407. The van der Waals surface area contributed by atoms with Gasteiger partial charge in [0.05, 0.1) is 6.54 Å². The lowest BCUT2D eigenvalue weighted by atomic mass is 10.2. The van der Waals surface area contributed by atoms with E-state index in [9.17, 15) is 4.79 Å². The van der Waals surface area contributed by atoms with Crippen molar-refractivity contribution in [2.75, 3.05) is 24.6 Å². The molecule has 1 heterocycles. The van der Waals surface area contributed by atoms with E-state index in [-0.39, 0.29) is 5.91 Å². The molecule has 1 saturated heterocycles. The summed E-state index contributed by atoms with van der Waals surface area (Å²) < 4.78 is 0. The maximum absolute atomic E-state index is 11.3. The number of hydrogen-bond donors (Lipinski definition) is 2. The largest absolute Gasteiger partial charge is 0.351 e. The lowest BCUT2D eigenvalue weighted by molar-refractivity contribution is -0.120. The number of rotatable bonds is 4. The molecular formula is C9H18N2OS. The van der Waals surface area contributed by atoms with Crippen LogP contribution in [0.15, 0.2) is 0 Å².